The van der Waals surface area contributed by atoms with E-state index in [0.717, 1.165) is 17.9 Å². The highest BCUT2D eigenvalue weighted by atomic mass is 16.5. The van der Waals surface area contributed by atoms with Crippen molar-refractivity contribution >= 4 is 5.82 Å². The van der Waals surface area contributed by atoms with Crippen molar-refractivity contribution in [3.8, 4) is 12.1 Å². The summed E-state index contributed by atoms with van der Waals surface area (Å²) in [5.74, 6) is 0.726. The van der Waals surface area contributed by atoms with Crippen LogP contribution in [-0.4, -0.2) is 29.7 Å². The smallest absolute Gasteiger partial charge is 0.158 e. The van der Waals surface area contributed by atoms with Crippen molar-refractivity contribution in [1.82, 2.24) is 9.97 Å². The second kappa shape index (κ2) is 6.21. The Morgan fingerprint density at radius 2 is 2.09 bits per heavy atom. The van der Waals surface area contributed by atoms with Crippen LogP contribution in [0.5, 0.6) is 0 Å². The number of morpholine rings is 1. The first kappa shape index (κ1) is 14.0. The molecule has 1 aromatic carbocycles. The topological polar surface area (TPSA) is 85.8 Å². The van der Waals surface area contributed by atoms with Crippen LogP contribution in [0, 0.1) is 22.7 Å². The normalized spacial score (nSPS) is 17.5. The van der Waals surface area contributed by atoms with Crippen LogP contribution < -0.4 is 4.90 Å². The van der Waals surface area contributed by atoms with Crippen molar-refractivity contribution in [3.63, 3.8) is 0 Å². The minimum atomic E-state index is -0.112. The lowest BCUT2D eigenvalue weighted by Gasteiger charge is -2.33. The highest BCUT2D eigenvalue weighted by Crippen LogP contribution is 2.25. The van der Waals surface area contributed by atoms with Crippen molar-refractivity contribution in [3.05, 3.63) is 53.5 Å². The zero-order chi connectivity index (χ0) is 15.4. The first-order valence-corrected chi connectivity index (χ1v) is 6.89. The number of hydrogen-bond acceptors (Lipinski definition) is 6. The number of nitriles is 2. The SMILES string of the molecule is N#Cc1cccc([C@@H]2CN(c3cnc(C#N)cn3)CCO2)c1. The minimum absolute atomic E-state index is 0.112. The summed E-state index contributed by atoms with van der Waals surface area (Å²) in [6.07, 6.45) is 2.96. The maximum Gasteiger partial charge on any atom is 0.158 e. The molecule has 1 saturated heterocycles. The number of benzene rings is 1. The Morgan fingerprint density at radius 1 is 1.18 bits per heavy atom. The molecule has 1 aromatic heterocycles. The lowest BCUT2D eigenvalue weighted by molar-refractivity contribution is 0.0395. The molecule has 0 amide bonds. The number of rotatable bonds is 2. The van der Waals surface area contributed by atoms with Crippen LogP contribution >= 0.6 is 0 Å². The fraction of sp³-hybridized carbons (Fsp3) is 0.250. The summed E-state index contributed by atoms with van der Waals surface area (Å²) in [5.41, 5.74) is 1.90. The van der Waals surface area contributed by atoms with Crippen LogP contribution in [0.4, 0.5) is 5.82 Å². The molecule has 0 radical (unpaired) electrons. The molecule has 0 aliphatic carbocycles. The Balaban J connectivity index is 1.79. The van der Waals surface area contributed by atoms with Gasteiger partial charge in [-0.3, -0.25) is 0 Å². The first-order valence-electron chi connectivity index (χ1n) is 6.89. The van der Waals surface area contributed by atoms with Crippen LogP contribution in [0.1, 0.15) is 22.9 Å². The van der Waals surface area contributed by atoms with Crippen molar-refractivity contribution in [2.75, 3.05) is 24.6 Å². The van der Waals surface area contributed by atoms with Crippen molar-refractivity contribution < 1.29 is 4.74 Å². The zero-order valence-corrected chi connectivity index (χ0v) is 11.8. The van der Waals surface area contributed by atoms with E-state index in [1.54, 1.807) is 12.3 Å². The number of ether oxygens (including phenoxy) is 1. The molecule has 6 nitrogen and oxygen atoms in total. The Bertz CT molecular complexity index is 744. The van der Waals surface area contributed by atoms with Crippen LogP contribution in [0.15, 0.2) is 36.7 Å². The summed E-state index contributed by atoms with van der Waals surface area (Å²) in [5, 5.41) is 17.8. The van der Waals surface area contributed by atoms with Gasteiger partial charge in [0.1, 0.15) is 18.0 Å². The quantitative estimate of drug-likeness (QED) is 0.838. The average molecular weight is 291 g/mol. The molecule has 0 unspecified atom stereocenters. The van der Waals surface area contributed by atoms with Crippen molar-refractivity contribution in [1.29, 1.82) is 10.5 Å². The van der Waals surface area contributed by atoms with Gasteiger partial charge in [0.15, 0.2) is 5.69 Å². The summed E-state index contributed by atoms with van der Waals surface area (Å²) in [4.78, 5) is 10.4. The van der Waals surface area contributed by atoms with Gasteiger partial charge in [-0.1, -0.05) is 12.1 Å². The van der Waals surface area contributed by atoms with E-state index in [2.05, 4.69) is 20.9 Å². The summed E-state index contributed by atoms with van der Waals surface area (Å²) in [6, 6.07) is 11.5. The molecular formula is C16H13N5O. The van der Waals surface area contributed by atoms with Gasteiger partial charge in [0.2, 0.25) is 0 Å². The van der Waals surface area contributed by atoms with Crippen LogP contribution in [-0.2, 0) is 4.74 Å². The minimum Gasteiger partial charge on any atom is -0.370 e. The number of aromatic nitrogens is 2. The second-order valence-electron chi connectivity index (χ2n) is 4.91. The first-order chi connectivity index (χ1) is 10.8. The average Bonchev–Trinajstić information content (AvgIpc) is 2.62. The van der Waals surface area contributed by atoms with Crippen molar-refractivity contribution in [2.45, 2.75) is 6.10 Å². The third kappa shape index (κ3) is 2.88. The standard InChI is InChI=1S/C16H13N5O/c17-7-12-2-1-3-13(6-12)15-11-21(4-5-22-15)16-10-19-14(8-18)9-20-16/h1-3,6,9-10,15H,4-5,11H2/t15-/m0/s1. The maximum absolute atomic E-state index is 8.99. The molecule has 6 heteroatoms. The van der Waals surface area contributed by atoms with Crippen molar-refractivity contribution in [2.24, 2.45) is 0 Å². The molecule has 2 heterocycles. The number of nitrogens with zero attached hydrogens (tertiary/aromatic N) is 5. The van der Waals surface area contributed by atoms with E-state index in [0.29, 0.717) is 24.4 Å². The molecule has 108 valence electrons. The molecule has 3 rings (SSSR count). The van der Waals surface area contributed by atoms with E-state index < -0.39 is 0 Å². The van der Waals surface area contributed by atoms with Crippen LogP contribution in [0.2, 0.25) is 0 Å². The number of hydrogen-bond donors (Lipinski definition) is 0. The molecule has 22 heavy (non-hydrogen) atoms. The third-order valence-corrected chi connectivity index (χ3v) is 3.53. The lowest BCUT2D eigenvalue weighted by atomic mass is 10.1. The van der Waals surface area contributed by atoms with Crippen LogP contribution in [0.3, 0.4) is 0 Å². The summed E-state index contributed by atoms with van der Waals surface area (Å²) >= 11 is 0. The van der Waals surface area contributed by atoms with E-state index in [4.69, 9.17) is 15.3 Å². The maximum atomic E-state index is 8.99. The van der Waals surface area contributed by atoms with Gasteiger partial charge in [-0.2, -0.15) is 10.5 Å². The Morgan fingerprint density at radius 3 is 2.82 bits per heavy atom. The van der Waals surface area contributed by atoms with Gasteiger partial charge in [-0.05, 0) is 17.7 Å². The van der Waals surface area contributed by atoms with Gasteiger partial charge in [-0.15, -0.1) is 0 Å². The molecular weight excluding hydrogens is 278 g/mol. The van der Waals surface area contributed by atoms with E-state index >= 15 is 0 Å². The molecule has 1 aliphatic rings. The summed E-state index contributed by atoms with van der Waals surface area (Å²) < 4.78 is 5.81. The molecule has 0 N–H and O–H groups in total. The van der Waals surface area contributed by atoms with Gasteiger partial charge in [-0.25, -0.2) is 9.97 Å². The molecule has 1 fully saturated rings. The lowest BCUT2D eigenvalue weighted by Crippen LogP contribution is -2.38. The van der Waals surface area contributed by atoms with E-state index in [-0.39, 0.29) is 6.10 Å². The molecule has 0 bridgehead atoms. The van der Waals surface area contributed by atoms with Crippen LogP contribution in [0.25, 0.3) is 0 Å². The fourth-order valence-electron chi connectivity index (χ4n) is 2.41. The van der Waals surface area contributed by atoms with Gasteiger partial charge in [0, 0.05) is 13.1 Å². The Labute approximate surface area is 128 Å². The summed E-state index contributed by atoms with van der Waals surface area (Å²) in [7, 11) is 0. The Hall–Kier alpha value is -2.96. The highest BCUT2D eigenvalue weighted by Gasteiger charge is 2.23. The van der Waals surface area contributed by atoms with E-state index in [1.807, 2.05) is 24.3 Å². The van der Waals surface area contributed by atoms with Gasteiger partial charge in [0.05, 0.1) is 30.6 Å². The fourth-order valence-corrected chi connectivity index (χ4v) is 2.41. The van der Waals surface area contributed by atoms with Gasteiger partial charge < -0.3 is 9.64 Å². The summed E-state index contributed by atoms with van der Waals surface area (Å²) in [6.45, 7) is 1.92. The molecule has 0 spiro atoms. The highest BCUT2D eigenvalue weighted by molar-refractivity contribution is 5.40. The zero-order valence-electron chi connectivity index (χ0n) is 11.8. The van der Waals surface area contributed by atoms with E-state index in [9.17, 15) is 0 Å². The third-order valence-electron chi connectivity index (χ3n) is 3.53. The molecule has 0 saturated carbocycles. The predicted molar refractivity (Wildman–Crippen MR) is 78.8 cm³/mol. The Kier molecular flexibility index (Phi) is 3.95. The monoisotopic (exact) mass is 291 g/mol. The second-order valence-corrected chi connectivity index (χ2v) is 4.91. The van der Waals surface area contributed by atoms with Gasteiger partial charge in [0.25, 0.3) is 0 Å². The molecule has 2 aromatic rings. The number of anilines is 1. The van der Waals surface area contributed by atoms with Gasteiger partial charge >= 0.3 is 0 Å². The van der Waals surface area contributed by atoms with E-state index in [1.165, 1.54) is 6.20 Å². The molecule has 1 aliphatic heterocycles. The predicted octanol–water partition coefficient (Wildman–Crippen LogP) is 1.80. The molecule has 1 atom stereocenters. The largest absolute Gasteiger partial charge is 0.370 e.